The molecule has 0 saturated carbocycles. The Morgan fingerprint density at radius 3 is 2.19 bits per heavy atom. The van der Waals surface area contributed by atoms with Crippen LogP contribution in [0.1, 0.15) is 23.6 Å². The van der Waals surface area contributed by atoms with Gasteiger partial charge in [-0.05, 0) is 35.2 Å². The van der Waals surface area contributed by atoms with E-state index in [1.54, 1.807) is 0 Å². The summed E-state index contributed by atoms with van der Waals surface area (Å²) in [6, 6.07) is 14.9. The second-order valence-corrected chi connectivity index (χ2v) is 5.25. The van der Waals surface area contributed by atoms with Crippen molar-refractivity contribution in [2.75, 3.05) is 13.2 Å². The number of fused-ring (bicyclic) bond motifs is 1. The Morgan fingerprint density at radius 1 is 0.810 bits per heavy atom. The van der Waals surface area contributed by atoms with Crippen LogP contribution in [-0.2, 0) is 19.5 Å². The SMILES string of the molecule is CCc1ccc(CNCc2ccc3c(c2)OCCO3)cc1. The van der Waals surface area contributed by atoms with E-state index in [0.29, 0.717) is 13.2 Å². The van der Waals surface area contributed by atoms with Crippen molar-refractivity contribution in [1.29, 1.82) is 0 Å². The molecule has 0 atom stereocenters. The number of nitrogens with one attached hydrogen (secondary N) is 1. The lowest BCUT2D eigenvalue weighted by atomic mass is 10.1. The number of hydrogen-bond donors (Lipinski definition) is 1. The van der Waals surface area contributed by atoms with Crippen molar-refractivity contribution in [2.24, 2.45) is 0 Å². The van der Waals surface area contributed by atoms with Gasteiger partial charge < -0.3 is 14.8 Å². The highest BCUT2D eigenvalue weighted by Crippen LogP contribution is 2.30. The standard InChI is InChI=1S/C18H21NO2/c1-2-14-3-5-15(6-4-14)12-19-13-16-7-8-17-18(11-16)21-10-9-20-17/h3-8,11,19H,2,9-10,12-13H2,1H3. The van der Waals surface area contributed by atoms with Gasteiger partial charge in [0.1, 0.15) is 13.2 Å². The topological polar surface area (TPSA) is 30.5 Å². The van der Waals surface area contributed by atoms with Gasteiger partial charge >= 0.3 is 0 Å². The average molecular weight is 283 g/mol. The predicted octanol–water partition coefficient (Wildman–Crippen LogP) is 3.31. The summed E-state index contributed by atoms with van der Waals surface area (Å²) < 4.78 is 11.1. The van der Waals surface area contributed by atoms with Gasteiger partial charge in [0.25, 0.3) is 0 Å². The second kappa shape index (κ2) is 6.64. The Balaban J connectivity index is 1.55. The van der Waals surface area contributed by atoms with Crippen LogP contribution in [0.4, 0.5) is 0 Å². The average Bonchev–Trinajstić information content (AvgIpc) is 2.55. The van der Waals surface area contributed by atoms with Gasteiger partial charge in [-0.25, -0.2) is 0 Å². The third-order valence-corrected chi connectivity index (χ3v) is 3.70. The zero-order valence-corrected chi connectivity index (χ0v) is 12.4. The van der Waals surface area contributed by atoms with Crippen LogP contribution in [0.3, 0.4) is 0 Å². The smallest absolute Gasteiger partial charge is 0.161 e. The fourth-order valence-corrected chi connectivity index (χ4v) is 2.44. The highest BCUT2D eigenvalue weighted by atomic mass is 16.6. The zero-order chi connectivity index (χ0) is 14.5. The predicted molar refractivity (Wildman–Crippen MR) is 83.8 cm³/mol. The quantitative estimate of drug-likeness (QED) is 0.913. The summed E-state index contributed by atoms with van der Waals surface area (Å²) in [5.41, 5.74) is 3.90. The molecule has 1 aliphatic rings. The van der Waals surface area contributed by atoms with E-state index >= 15 is 0 Å². The Labute approximate surface area is 125 Å². The lowest BCUT2D eigenvalue weighted by molar-refractivity contribution is 0.171. The van der Waals surface area contributed by atoms with Crippen molar-refractivity contribution in [2.45, 2.75) is 26.4 Å². The van der Waals surface area contributed by atoms with Crippen LogP contribution < -0.4 is 14.8 Å². The molecule has 0 bridgehead atoms. The van der Waals surface area contributed by atoms with Crippen molar-refractivity contribution >= 4 is 0 Å². The molecule has 1 aliphatic heterocycles. The molecule has 0 spiro atoms. The van der Waals surface area contributed by atoms with Gasteiger partial charge in [-0.15, -0.1) is 0 Å². The van der Waals surface area contributed by atoms with Crippen molar-refractivity contribution in [1.82, 2.24) is 5.32 Å². The molecule has 2 aromatic carbocycles. The summed E-state index contributed by atoms with van der Waals surface area (Å²) in [6.07, 6.45) is 1.09. The van der Waals surface area contributed by atoms with Crippen LogP contribution in [0.15, 0.2) is 42.5 Å². The minimum Gasteiger partial charge on any atom is -0.486 e. The first kappa shape index (κ1) is 14.0. The van der Waals surface area contributed by atoms with Crippen LogP contribution in [0.2, 0.25) is 0 Å². The third-order valence-electron chi connectivity index (χ3n) is 3.70. The van der Waals surface area contributed by atoms with Gasteiger partial charge in [0, 0.05) is 13.1 Å². The number of aryl methyl sites for hydroxylation is 1. The molecular weight excluding hydrogens is 262 g/mol. The largest absolute Gasteiger partial charge is 0.486 e. The lowest BCUT2D eigenvalue weighted by Gasteiger charge is -2.19. The zero-order valence-electron chi connectivity index (χ0n) is 12.4. The molecule has 2 aromatic rings. The van der Waals surface area contributed by atoms with Crippen LogP contribution >= 0.6 is 0 Å². The minimum absolute atomic E-state index is 0.633. The van der Waals surface area contributed by atoms with Crippen molar-refractivity contribution < 1.29 is 9.47 Å². The molecule has 0 aliphatic carbocycles. The maximum absolute atomic E-state index is 5.60. The van der Waals surface area contributed by atoms with E-state index in [1.165, 1.54) is 16.7 Å². The van der Waals surface area contributed by atoms with E-state index in [1.807, 2.05) is 6.07 Å². The van der Waals surface area contributed by atoms with E-state index in [4.69, 9.17) is 9.47 Å². The van der Waals surface area contributed by atoms with Gasteiger partial charge in [0.2, 0.25) is 0 Å². The Bertz CT molecular complexity index is 593. The van der Waals surface area contributed by atoms with Gasteiger partial charge in [-0.3, -0.25) is 0 Å². The number of benzene rings is 2. The van der Waals surface area contributed by atoms with Crippen LogP contribution in [-0.4, -0.2) is 13.2 Å². The van der Waals surface area contributed by atoms with Crippen LogP contribution in [0.25, 0.3) is 0 Å². The lowest BCUT2D eigenvalue weighted by Crippen LogP contribution is -2.16. The first-order chi connectivity index (χ1) is 10.3. The van der Waals surface area contributed by atoms with Gasteiger partial charge in [0.05, 0.1) is 0 Å². The molecule has 0 unspecified atom stereocenters. The van der Waals surface area contributed by atoms with E-state index in [2.05, 4.69) is 48.6 Å². The van der Waals surface area contributed by atoms with E-state index in [9.17, 15) is 0 Å². The third kappa shape index (κ3) is 3.56. The number of rotatable bonds is 5. The molecule has 21 heavy (non-hydrogen) atoms. The molecule has 3 nitrogen and oxygen atoms in total. The van der Waals surface area contributed by atoms with Gasteiger partial charge in [0.15, 0.2) is 11.5 Å². The highest BCUT2D eigenvalue weighted by molar-refractivity contribution is 5.43. The Hall–Kier alpha value is -2.00. The van der Waals surface area contributed by atoms with Crippen molar-refractivity contribution in [3.63, 3.8) is 0 Å². The monoisotopic (exact) mass is 283 g/mol. The molecule has 3 heteroatoms. The molecule has 0 aromatic heterocycles. The normalized spacial score (nSPS) is 13.2. The van der Waals surface area contributed by atoms with E-state index in [0.717, 1.165) is 31.0 Å². The van der Waals surface area contributed by atoms with Crippen LogP contribution in [0.5, 0.6) is 11.5 Å². The summed E-state index contributed by atoms with van der Waals surface area (Å²) in [5.74, 6) is 1.70. The molecule has 3 rings (SSSR count). The first-order valence-corrected chi connectivity index (χ1v) is 7.52. The molecule has 0 saturated heterocycles. The molecule has 110 valence electrons. The fraction of sp³-hybridized carbons (Fsp3) is 0.333. The molecular formula is C18H21NO2. The minimum atomic E-state index is 0.633. The molecule has 1 heterocycles. The maximum atomic E-state index is 5.60. The molecule has 0 radical (unpaired) electrons. The second-order valence-electron chi connectivity index (χ2n) is 5.25. The van der Waals surface area contributed by atoms with Crippen LogP contribution in [0, 0.1) is 0 Å². The number of hydrogen-bond acceptors (Lipinski definition) is 3. The van der Waals surface area contributed by atoms with Gasteiger partial charge in [-0.2, -0.15) is 0 Å². The summed E-state index contributed by atoms with van der Waals surface area (Å²) in [6.45, 7) is 5.14. The van der Waals surface area contributed by atoms with Gasteiger partial charge in [-0.1, -0.05) is 37.3 Å². The Kier molecular flexibility index (Phi) is 4.41. The van der Waals surface area contributed by atoms with E-state index < -0.39 is 0 Å². The first-order valence-electron chi connectivity index (χ1n) is 7.52. The maximum Gasteiger partial charge on any atom is 0.161 e. The number of ether oxygens (including phenoxy) is 2. The summed E-state index contributed by atoms with van der Waals surface area (Å²) in [7, 11) is 0. The Morgan fingerprint density at radius 2 is 1.43 bits per heavy atom. The highest BCUT2D eigenvalue weighted by Gasteiger charge is 2.11. The molecule has 0 fully saturated rings. The molecule has 1 N–H and O–H groups in total. The summed E-state index contributed by atoms with van der Waals surface area (Å²) >= 11 is 0. The summed E-state index contributed by atoms with van der Waals surface area (Å²) in [4.78, 5) is 0. The van der Waals surface area contributed by atoms with Crippen molar-refractivity contribution in [3.05, 3.63) is 59.2 Å². The van der Waals surface area contributed by atoms with Crippen molar-refractivity contribution in [3.8, 4) is 11.5 Å². The summed E-state index contributed by atoms with van der Waals surface area (Å²) in [5, 5.41) is 3.47. The van der Waals surface area contributed by atoms with E-state index in [-0.39, 0.29) is 0 Å². The fourth-order valence-electron chi connectivity index (χ4n) is 2.44. The molecule has 0 amide bonds.